The lowest BCUT2D eigenvalue weighted by molar-refractivity contribution is 0.0858. The summed E-state index contributed by atoms with van der Waals surface area (Å²) in [6, 6.07) is 7.41. The van der Waals surface area contributed by atoms with Crippen LogP contribution in [0.25, 0.3) is 11.3 Å². The zero-order chi connectivity index (χ0) is 19.7. The van der Waals surface area contributed by atoms with Crippen molar-refractivity contribution in [3.05, 3.63) is 30.0 Å². The fourth-order valence-corrected chi connectivity index (χ4v) is 4.05. The van der Waals surface area contributed by atoms with Crippen molar-refractivity contribution in [2.75, 3.05) is 26.4 Å². The molecule has 2 aliphatic heterocycles. The number of amides is 1. The van der Waals surface area contributed by atoms with Gasteiger partial charge in [-0.1, -0.05) is 6.92 Å². The first-order valence-electron chi connectivity index (χ1n) is 9.90. The molecule has 7 heteroatoms. The molecule has 2 aromatic rings. The summed E-state index contributed by atoms with van der Waals surface area (Å²) < 4.78 is 10.8. The highest BCUT2D eigenvalue weighted by Crippen LogP contribution is 2.35. The van der Waals surface area contributed by atoms with Gasteiger partial charge in [0.2, 0.25) is 6.79 Å². The van der Waals surface area contributed by atoms with Crippen molar-refractivity contribution in [2.24, 2.45) is 5.92 Å². The average Bonchev–Trinajstić information content (AvgIpc) is 3.29. The molecule has 150 valence electrons. The molecule has 2 aliphatic rings. The second-order valence-electron chi connectivity index (χ2n) is 8.56. The molecular formula is C21H28N4O3. The third kappa shape index (κ3) is 4.14. The van der Waals surface area contributed by atoms with E-state index in [1.54, 1.807) is 6.07 Å². The Morgan fingerprint density at radius 1 is 1.32 bits per heavy atom. The number of benzene rings is 1. The largest absolute Gasteiger partial charge is 0.454 e. The molecule has 0 spiro atoms. The normalized spacial score (nSPS) is 19.6. The number of piperidine rings is 1. The zero-order valence-corrected chi connectivity index (χ0v) is 16.7. The number of likely N-dealkylation sites (tertiary alicyclic amines) is 1. The fraction of sp³-hybridized carbons (Fsp3) is 0.524. The maximum absolute atomic E-state index is 12.8. The van der Waals surface area contributed by atoms with Crippen molar-refractivity contribution in [1.82, 2.24) is 20.4 Å². The molecule has 2 N–H and O–H groups in total. The Labute approximate surface area is 165 Å². The molecule has 1 atom stereocenters. The minimum absolute atomic E-state index is 0.144. The Balaban J connectivity index is 1.41. The third-order valence-electron chi connectivity index (χ3n) is 5.30. The minimum Gasteiger partial charge on any atom is -0.454 e. The van der Waals surface area contributed by atoms with E-state index in [1.807, 2.05) is 18.2 Å². The summed E-state index contributed by atoms with van der Waals surface area (Å²) in [6.45, 7) is 9.70. The monoisotopic (exact) mass is 384 g/mol. The highest BCUT2D eigenvalue weighted by molar-refractivity contribution is 5.93. The Morgan fingerprint density at radius 3 is 2.96 bits per heavy atom. The van der Waals surface area contributed by atoms with E-state index in [0.717, 1.165) is 36.9 Å². The summed E-state index contributed by atoms with van der Waals surface area (Å²) in [4.78, 5) is 15.2. The summed E-state index contributed by atoms with van der Waals surface area (Å²) in [7, 11) is 0. The molecule has 28 heavy (non-hydrogen) atoms. The molecular weight excluding hydrogens is 356 g/mol. The van der Waals surface area contributed by atoms with Gasteiger partial charge in [0.05, 0.1) is 5.69 Å². The number of carbonyl (C=O) groups is 1. The van der Waals surface area contributed by atoms with Crippen LogP contribution in [-0.2, 0) is 0 Å². The number of H-pyrrole nitrogens is 1. The van der Waals surface area contributed by atoms with Crippen molar-refractivity contribution in [3.8, 4) is 22.8 Å². The van der Waals surface area contributed by atoms with Gasteiger partial charge in [0, 0.05) is 24.2 Å². The maximum Gasteiger partial charge on any atom is 0.269 e. The van der Waals surface area contributed by atoms with Gasteiger partial charge < -0.3 is 19.7 Å². The van der Waals surface area contributed by atoms with Crippen molar-refractivity contribution in [2.45, 2.75) is 39.2 Å². The lowest BCUT2D eigenvalue weighted by atomic mass is 9.97. The van der Waals surface area contributed by atoms with Crippen molar-refractivity contribution in [1.29, 1.82) is 0 Å². The average molecular weight is 384 g/mol. The van der Waals surface area contributed by atoms with Crippen LogP contribution in [0, 0.1) is 5.92 Å². The van der Waals surface area contributed by atoms with E-state index in [9.17, 15) is 4.79 Å². The topological polar surface area (TPSA) is 79.5 Å². The molecule has 7 nitrogen and oxygen atoms in total. The molecule has 4 rings (SSSR count). The SMILES string of the molecule is CC1CCCN(CC(C)(C)NC(=O)c2cc(-c3ccc4c(c3)OCO4)n[nH]2)C1. The van der Waals surface area contributed by atoms with Crippen molar-refractivity contribution >= 4 is 5.91 Å². The number of hydrogen-bond acceptors (Lipinski definition) is 5. The number of aromatic amines is 1. The third-order valence-corrected chi connectivity index (χ3v) is 5.30. The molecule has 3 heterocycles. The number of aromatic nitrogens is 2. The van der Waals surface area contributed by atoms with Crippen LogP contribution in [-0.4, -0.2) is 53.0 Å². The lowest BCUT2D eigenvalue weighted by Crippen LogP contribution is -2.53. The quantitative estimate of drug-likeness (QED) is 0.828. The van der Waals surface area contributed by atoms with Crippen LogP contribution in [0.5, 0.6) is 11.5 Å². The van der Waals surface area contributed by atoms with Gasteiger partial charge in [-0.05, 0) is 63.4 Å². The molecule has 0 bridgehead atoms. The van der Waals surface area contributed by atoms with Crippen LogP contribution in [0.15, 0.2) is 24.3 Å². The number of hydrogen-bond donors (Lipinski definition) is 2. The minimum atomic E-state index is -0.321. The Hall–Kier alpha value is -2.54. The lowest BCUT2D eigenvalue weighted by Gasteiger charge is -2.37. The van der Waals surface area contributed by atoms with Gasteiger partial charge in [-0.3, -0.25) is 9.89 Å². The molecule has 1 unspecified atom stereocenters. The second-order valence-corrected chi connectivity index (χ2v) is 8.56. The maximum atomic E-state index is 12.8. The molecule has 0 aliphatic carbocycles. The zero-order valence-electron chi connectivity index (χ0n) is 16.7. The first-order valence-corrected chi connectivity index (χ1v) is 9.90. The number of ether oxygens (including phenoxy) is 2. The van der Waals surface area contributed by atoms with Gasteiger partial charge in [0.1, 0.15) is 5.69 Å². The summed E-state index contributed by atoms with van der Waals surface area (Å²) in [5.41, 5.74) is 1.71. The van der Waals surface area contributed by atoms with Gasteiger partial charge in [0.25, 0.3) is 5.91 Å². The van der Waals surface area contributed by atoms with Gasteiger partial charge in [0.15, 0.2) is 11.5 Å². The highest BCUT2D eigenvalue weighted by atomic mass is 16.7. The van der Waals surface area contributed by atoms with Crippen molar-refractivity contribution in [3.63, 3.8) is 0 Å². The van der Waals surface area contributed by atoms with Crippen molar-refractivity contribution < 1.29 is 14.3 Å². The van der Waals surface area contributed by atoms with E-state index in [0.29, 0.717) is 17.1 Å². The van der Waals surface area contributed by atoms with Gasteiger partial charge in [-0.2, -0.15) is 5.10 Å². The Morgan fingerprint density at radius 2 is 2.14 bits per heavy atom. The fourth-order valence-electron chi connectivity index (χ4n) is 4.05. The molecule has 0 radical (unpaired) electrons. The number of nitrogens with zero attached hydrogens (tertiary/aromatic N) is 2. The number of rotatable bonds is 5. The Bertz CT molecular complexity index is 861. The number of fused-ring (bicyclic) bond motifs is 1. The summed E-state index contributed by atoms with van der Waals surface area (Å²) in [5, 5.41) is 10.3. The van der Waals surface area contributed by atoms with E-state index in [-0.39, 0.29) is 18.2 Å². The van der Waals surface area contributed by atoms with Gasteiger partial charge in [-0.25, -0.2) is 0 Å². The van der Waals surface area contributed by atoms with Crippen LogP contribution < -0.4 is 14.8 Å². The first kappa shape index (κ1) is 18.8. The van der Waals surface area contributed by atoms with E-state index in [1.165, 1.54) is 12.8 Å². The van der Waals surface area contributed by atoms with Gasteiger partial charge >= 0.3 is 0 Å². The van der Waals surface area contributed by atoms with Crippen LogP contribution in [0.4, 0.5) is 0 Å². The first-order chi connectivity index (χ1) is 13.4. The molecule has 1 amide bonds. The van der Waals surface area contributed by atoms with E-state index < -0.39 is 0 Å². The number of nitrogens with one attached hydrogen (secondary N) is 2. The predicted molar refractivity (Wildman–Crippen MR) is 107 cm³/mol. The summed E-state index contributed by atoms with van der Waals surface area (Å²) in [6.07, 6.45) is 2.52. The Kier molecular flexibility index (Phi) is 5.02. The molecule has 1 fully saturated rings. The molecule has 1 aromatic heterocycles. The summed E-state index contributed by atoms with van der Waals surface area (Å²) >= 11 is 0. The molecule has 1 aromatic carbocycles. The van der Waals surface area contributed by atoms with Gasteiger partial charge in [-0.15, -0.1) is 0 Å². The van der Waals surface area contributed by atoms with Crippen LogP contribution >= 0.6 is 0 Å². The second kappa shape index (κ2) is 7.47. The molecule has 0 saturated carbocycles. The van der Waals surface area contributed by atoms with Crippen LogP contribution in [0.1, 0.15) is 44.1 Å². The number of carbonyl (C=O) groups excluding carboxylic acids is 1. The predicted octanol–water partition coefficient (Wildman–Crippen LogP) is 3.05. The van der Waals surface area contributed by atoms with E-state index >= 15 is 0 Å². The highest BCUT2D eigenvalue weighted by Gasteiger charge is 2.27. The summed E-state index contributed by atoms with van der Waals surface area (Å²) in [5.74, 6) is 2.00. The van der Waals surface area contributed by atoms with E-state index in [2.05, 4.69) is 41.2 Å². The molecule has 1 saturated heterocycles. The van der Waals surface area contributed by atoms with Crippen LogP contribution in [0.3, 0.4) is 0 Å². The standard InChI is InChI=1S/C21H28N4O3/c1-14-5-4-8-25(11-14)12-21(2,3)22-20(26)17-10-16(23-24-17)15-6-7-18-19(9-15)28-13-27-18/h6-7,9-10,14H,4-5,8,11-13H2,1-3H3,(H,22,26)(H,23,24). The smallest absolute Gasteiger partial charge is 0.269 e. The van der Waals surface area contributed by atoms with Crippen LogP contribution in [0.2, 0.25) is 0 Å². The van der Waals surface area contributed by atoms with E-state index in [4.69, 9.17) is 9.47 Å².